The highest BCUT2D eigenvalue weighted by Gasteiger charge is 2.88. The molecule has 19 unspecified atom stereocenters. The Labute approximate surface area is 553 Å². The molecule has 97 heavy (non-hydrogen) atoms. The maximum Gasteiger partial charge on any atom is 0.392 e. The molecule has 582 valence electrons. The molecule has 0 nitrogen and oxygen atoms in total. The van der Waals surface area contributed by atoms with Crippen LogP contribution in [0.15, 0.2) is 0 Å². The second-order valence-electron chi connectivity index (χ2n) is 29.5. The van der Waals surface area contributed by atoms with Gasteiger partial charge in [-0.1, -0.05) is 136 Å². The molecule has 0 saturated heterocycles. The van der Waals surface area contributed by atoms with E-state index in [2.05, 4.69) is 0 Å². The summed E-state index contributed by atoms with van der Waals surface area (Å²) in [6, 6.07) is 0. The molecule has 0 N–H and O–H groups in total. The summed E-state index contributed by atoms with van der Waals surface area (Å²) in [5.41, 5.74) is -4.52. The minimum absolute atomic E-state index is 0.116. The van der Waals surface area contributed by atoms with Gasteiger partial charge in [0.15, 0.2) is 0 Å². The van der Waals surface area contributed by atoms with E-state index >= 15 is 0 Å². The van der Waals surface area contributed by atoms with Crippen molar-refractivity contribution in [2.24, 2.45) is 136 Å². The monoisotopic (exact) mass is 1480 g/mol. The van der Waals surface area contributed by atoms with Crippen LogP contribution in [0.5, 0.6) is 0 Å². The van der Waals surface area contributed by atoms with Crippen LogP contribution < -0.4 is 0 Å². The largest absolute Gasteiger partial charge is 0.392 e. The summed E-state index contributed by atoms with van der Waals surface area (Å²) in [5, 5.41) is 0. The van der Waals surface area contributed by atoms with Crippen molar-refractivity contribution in [2.45, 2.75) is 280 Å². The molecule has 0 bridgehead atoms. The fourth-order valence-corrected chi connectivity index (χ4v) is 15.2. The molecule has 0 aromatic carbocycles. The van der Waals surface area contributed by atoms with Crippen molar-refractivity contribution < 1.29 is 139 Å². The van der Waals surface area contributed by atoms with Crippen LogP contribution in [0, 0.1) is 136 Å². The molecule has 0 amide bonds. The number of alkyl halides is 31. The van der Waals surface area contributed by atoms with Gasteiger partial charge in [0.05, 0.1) is 47.3 Å². The molecule has 8 rings (SSSR count). The first-order valence-electron chi connectivity index (χ1n) is 33.9. The fourth-order valence-electron chi connectivity index (χ4n) is 15.2. The van der Waals surface area contributed by atoms with E-state index in [-0.39, 0.29) is 74.0 Å². The van der Waals surface area contributed by atoms with Crippen molar-refractivity contribution in [1.82, 2.24) is 0 Å². The minimum atomic E-state index is -5.36. The van der Waals surface area contributed by atoms with Crippen LogP contribution in [0.3, 0.4) is 0 Å². The molecule has 0 heterocycles. The van der Waals surface area contributed by atoms with Gasteiger partial charge in [0.1, 0.15) is 18.5 Å². The van der Waals surface area contributed by atoms with E-state index in [1.54, 1.807) is 34.6 Å². The summed E-state index contributed by atoms with van der Waals surface area (Å²) in [7, 11) is 0. The molecule has 0 radical (unpaired) electrons. The maximum absolute atomic E-state index is 12.9. The van der Waals surface area contributed by atoms with Gasteiger partial charge >= 0.3 is 55.1 Å². The van der Waals surface area contributed by atoms with E-state index in [1.165, 1.54) is 41.5 Å². The average Bonchev–Trinajstić information content (AvgIpc) is 1.53. The van der Waals surface area contributed by atoms with Crippen LogP contribution >= 0.6 is 0 Å². The first-order valence-corrected chi connectivity index (χ1v) is 32.9. The average molecular weight is 1490 g/mol. The standard InChI is InChI=1S/C10H14F6.2C9H15F3.3C8H13F3.C7H7F7.C7H11F3/c1-4-5(2)8(10(14,15)16)6(3)7(4)9(11,12)13;2*1-6-4-3-5-8(7(6)2)9(10,11)12;1-5-3-6(2)7(4-5)8(9,10)11;2*1-5-3-4-7(6(5)2)8(9,10)11;1-3-5(9,10)4(2,8)7(13,14)6(3,11)12;1-3-5(8)4(2)7(10)6(3)9/h4-8H,1-3H3;2*6-8H,3-5H2,1-2H3;3*5-7H,3-4H2,1-2H3;3H,1-2H3;3-7H,1-2H3/t4-,5?,6?,7?,8?;2*6?,7-,8?;5-,6?,7?;2*5?,6-,7?;3-,4?;3-,4?,5?,6?,7?/m11101100/s1/i;7D;;;6D;;;. The van der Waals surface area contributed by atoms with Gasteiger partial charge in [-0.25, -0.2) is 26.3 Å². The van der Waals surface area contributed by atoms with Crippen molar-refractivity contribution in [1.29, 1.82) is 0 Å². The van der Waals surface area contributed by atoms with Gasteiger partial charge in [-0.05, 0) is 135 Å². The molecule has 8 aliphatic rings. The van der Waals surface area contributed by atoms with Gasteiger partial charge < -0.3 is 0 Å². The second-order valence-corrected chi connectivity index (χ2v) is 29.5. The van der Waals surface area contributed by atoms with E-state index in [0.29, 0.717) is 32.1 Å². The zero-order valence-corrected chi connectivity index (χ0v) is 57.6. The van der Waals surface area contributed by atoms with Gasteiger partial charge in [-0.2, -0.15) is 110 Å². The molecule has 0 aromatic rings. The third-order valence-electron chi connectivity index (χ3n) is 22.9. The molecule has 8 fully saturated rings. The summed E-state index contributed by atoms with van der Waals surface area (Å²) in [6.07, 6.45) is -27.7. The predicted octanol–water partition coefficient (Wildman–Crippen LogP) is 26.8. The zero-order valence-electron chi connectivity index (χ0n) is 59.6. The normalized spacial score (nSPS) is 43.6. The smallest absolute Gasteiger partial charge is 0.247 e. The van der Waals surface area contributed by atoms with E-state index < -0.39 is 174 Å². The highest BCUT2D eigenvalue weighted by atomic mass is 19.4. The lowest BCUT2D eigenvalue weighted by Crippen LogP contribution is -2.52. The van der Waals surface area contributed by atoms with Gasteiger partial charge in [0.2, 0.25) is 5.67 Å². The van der Waals surface area contributed by atoms with Crippen molar-refractivity contribution in [3.8, 4) is 0 Å². The summed E-state index contributed by atoms with van der Waals surface area (Å²) in [6.45, 7) is 23.5. The molecule has 8 saturated carbocycles. The highest BCUT2D eigenvalue weighted by Crippen LogP contribution is 2.65. The molecular formula is C66H101F31. The van der Waals surface area contributed by atoms with Crippen LogP contribution in [-0.2, 0) is 0 Å². The SMILES string of the molecule is CC1C(C(F)(F)F)C(C)[C@@H](C)C1C(F)(F)F.CC1C(F)C(F)[C@@H](C)C1F.CC1CCC(C(F)(F)F)[C@@H]1C.CC1CCCC(C(F)(F)F)[C@@H]1C.CC1C[C@H](C)CC1C(F)(F)F.C[C@H]1C(F)(F)C(C)(F)C(F)(F)C1(F)F.[2H][C@@]1(C)C(C)CCC1C(F)(F)F.[2H][C@@]1(C)C(C)CCCC1C(F)(F)F. The Bertz CT molecular complexity index is 2280. The summed E-state index contributed by atoms with van der Waals surface area (Å²) < 4.78 is 403. The first-order chi connectivity index (χ1) is 43.7. The highest BCUT2D eigenvalue weighted by molar-refractivity contribution is 5.19. The number of halogens is 31. The molecule has 8 aliphatic carbocycles. The molecular weight excluding hydrogens is 1380 g/mol. The third-order valence-corrected chi connectivity index (χ3v) is 22.9. The second kappa shape index (κ2) is 34.2. The van der Waals surface area contributed by atoms with E-state index in [4.69, 9.17) is 2.74 Å². The van der Waals surface area contributed by atoms with Gasteiger partial charge in [0.25, 0.3) is 5.92 Å². The first kappa shape index (κ1) is 89.0. The van der Waals surface area contributed by atoms with Gasteiger partial charge in [0, 0.05) is 14.6 Å². The van der Waals surface area contributed by atoms with Crippen molar-refractivity contribution in [2.75, 3.05) is 0 Å². The van der Waals surface area contributed by atoms with E-state index in [1.807, 2.05) is 20.8 Å². The lowest BCUT2D eigenvalue weighted by Gasteiger charge is -2.35. The lowest BCUT2D eigenvalue weighted by atomic mass is 9.73. The number of hydrogen-bond acceptors (Lipinski definition) is 0. The van der Waals surface area contributed by atoms with Crippen molar-refractivity contribution in [3.05, 3.63) is 0 Å². The summed E-state index contributed by atoms with van der Waals surface area (Å²) in [4.78, 5) is 0. The van der Waals surface area contributed by atoms with Gasteiger partial charge in [-0.3, -0.25) is 0 Å². The minimum Gasteiger partial charge on any atom is -0.247 e. The van der Waals surface area contributed by atoms with Crippen LogP contribution in [0.2, 0.25) is 0 Å². The summed E-state index contributed by atoms with van der Waals surface area (Å²) >= 11 is 0. The lowest BCUT2D eigenvalue weighted by molar-refractivity contribution is -0.248. The molecule has 31 heteroatoms. The number of hydrogen-bond donors (Lipinski definition) is 0. The van der Waals surface area contributed by atoms with Crippen LogP contribution in [0.25, 0.3) is 0 Å². The Morgan fingerprint density at radius 3 is 0.773 bits per heavy atom. The molecule has 0 spiro atoms. The molecule has 0 aromatic heterocycles. The number of rotatable bonds is 0. The Morgan fingerprint density at radius 1 is 0.289 bits per heavy atom. The quantitative estimate of drug-likeness (QED) is 0.212. The predicted molar refractivity (Wildman–Crippen MR) is 308 cm³/mol. The van der Waals surface area contributed by atoms with E-state index in [0.717, 1.165) is 39.0 Å². The van der Waals surface area contributed by atoms with Crippen LogP contribution in [0.1, 0.15) is 197 Å². The van der Waals surface area contributed by atoms with Crippen LogP contribution in [-0.4, -0.2) is 85.2 Å². The van der Waals surface area contributed by atoms with Gasteiger partial charge in [-0.15, -0.1) is 0 Å². The molecule has 0 aliphatic heterocycles. The van der Waals surface area contributed by atoms with E-state index in [9.17, 15) is 136 Å². The Hall–Kier alpha value is -2.17. The summed E-state index contributed by atoms with van der Waals surface area (Å²) in [5.74, 6) is -35.6. The Balaban J connectivity index is 0.000000568. The third kappa shape index (κ3) is 23.2. The Morgan fingerprint density at radius 2 is 0.588 bits per heavy atom. The zero-order chi connectivity index (χ0) is 78.8. The fraction of sp³-hybridized carbons (Fsp3) is 1.00. The topological polar surface area (TPSA) is 0 Å². The van der Waals surface area contributed by atoms with Crippen LogP contribution in [0.4, 0.5) is 136 Å². The van der Waals surface area contributed by atoms with Crippen molar-refractivity contribution in [3.63, 3.8) is 0 Å². The van der Waals surface area contributed by atoms with Crippen molar-refractivity contribution >= 4 is 0 Å². The maximum atomic E-state index is 12.9. The Kier molecular flexibility index (Phi) is 31.4. The molecule has 27 atom stereocenters.